The van der Waals surface area contributed by atoms with Gasteiger partial charge in [0.1, 0.15) is 0 Å². The lowest BCUT2D eigenvalue weighted by molar-refractivity contribution is 0.0541. The summed E-state index contributed by atoms with van der Waals surface area (Å²) in [6.07, 6.45) is 6.99. The molecule has 1 aromatic heterocycles. The maximum atomic E-state index is 6.66. The molecule has 4 heteroatoms. The highest BCUT2D eigenvalue weighted by atomic mass is 15.3. The van der Waals surface area contributed by atoms with E-state index >= 15 is 0 Å². The fourth-order valence-electron chi connectivity index (χ4n) is 3.51. The Bertz CT molecular complexity index is 448. The van der Waals surface area contributed by atoms with Gasteiger partial charge >= 0.3 is 0 Å². The van der Waals surface area contributed by atoms with Crippen LogP contribution >= 0.6 is 0 Å². The number of likely N-dealkylation sites (tertiary alicyclic amines) is 1. The molecule has 1 aliphatic rings. The summed E-state index contributed by atoms with van der Waals surface area (Å²) in [6.45, 7) is 9.17. The van der Waals surface area contributed by atoms with Crippen LogP contribution in [0, 0.1) is 0 Å². The second-order valence-electron chi connectivity index (χ2n) is 6.67. The van der Waals surface area contributed by atoms with Crippen molar-refractivity contribution in [1.82, 2.24) is 14.7 Å². The maximum absolute atomic E-state index is 6.66. The third kappa shape index (κ3) is 3.49. The molecule has 1 saturated heterocycles. The highest BCUT2D eigenvalue weighted by Crippen LogP contribution is 2.28. The zero-order valence-corrected chi connectivity index (χ0v) is 14.2. The van der Waals surface area contributed by atoms with Crippen LogP contribution in [-0.2, 0) is 19.9 Å². The van der Waals surface area contributed by atoms with E-state index in [1.54, 1.807) is 0 Å². The van der Waals surface area contributed by atoms with E-state index in [4.69, 9.17) is 5.73 Å². The lowest BCUT2D eigenvalue weighted by Gasteiger charge is -2.46. The first-order valence-electron chi connectivity index (χ1n) is 8.53. The first-order chi connectivity index (χ1) is 10.0. The smallest absolute Gasteiger partial charge is 0.0624 e. The van der Waals surface area contributed by atoms with E-state index in [1.165, 1.54) is 38.0 Å². The molecule has 1 aliphatic heterocycles. The van der Waals surface area contributed by atoms with Crippen molar-refractivity contribution < 1.29 is 0 Å². The summed E-state index contributed by atoms with van der Waals surface area (Å²) in [5, 5.41) is 4.55. The largest absolute Gasteiger partial charge is 0.326 e. The van der Waals surface area contributed by atoms with Crippen LogP contribution in [0.3, 0.4) is 0 Å². The van der Waals surface area contributed by atoms with E-state index in [1.807, 2.05) is 11.7 Å². The summed E-state index contributed by atoms with van der Waals surface area (Å²) in [7, 11) is 2.03. The van der Waals surface area contributed by atoms with Gasteiger partial charge in [0, 0.05) is 30.7 Å². The lowest BCUT2D eigenvalue weighted by Crippen LogP contribution is -2.59. The van der Waals surface area contributed by atoms with Gasteiger partial charge in [-0.1, -0.05) is 20.3 Å². The zero-order chi connectivity index (χ0) is 15.5. The van der Waals surface area contributed by atoms with Crippen LogP contribution in [0.4, 0.5) is 0 Å². The van der Waals surface area contributed by atoms with Crippen LogP contribution < -0.4 is 5.73 Å². The number of nitrogens with two attached hydrogens (primary N) is 1. The number of hydrogen-bond donors (Lipinski definition) is 1. The minimum Gasteiger partial charge on any atom is -0.326 e. The third-order valence-electron chi connectivity index (χ3n) is 5.41. The van der Waals surface area contributed by atoms with Gasteiger partial charge < -0.3 is 5.73 Å². The molecule has 4 nitrogen and oxygen atoms in total. The summed E-state index contributed by atoms with van der Waals surface area (Å²) < 4.78 is 2.00. The molecule has 1 aromatic rings. The number of aryl methyl sites for hydroxylation is 2. The van der Waals surface area contributed by atoms with Gasteiger partial charge in [0.05, 0.1) is 5.69 Å². The minimum atomic E-state index is 0.0943. The zero-order valence-electron chi connectivity index (χ0n) is 14.2. The molecular weight excluding hydrogens is 260 g/mol. The van der Waals surface area contributed by atoms with Crippen molar-refractivity contribution in [1.29, 1.82) is 0 Å². The van der Waals surface area contributed by atoms with Crippen molar-refractivity contribution in [2.45, 2.75) is 70.9 Å². The van der Waals surface area contributed by atoms with Gasteiger partial charge in [-0.2, -0.15) is 5.10 Å². The SMILES string of the molecule is CCc1cc(CC(N)C(C)(CC)N2CCCCC2)n(C)n1. The van der Waals surface area contributed by atoms with Crippen LogP contribution in [0.25, 0.3) is 0 Å². The van der Waals surface area contributed by atoms with Gasteiger partial charge in [0.2, 0.25) is 0 Å². The Hall–Kier alpha value is -0.870. The fraction of sp³-hybridized carbons (Fsp3) is 0.824. The second kappa shape index (κ2) is 6.93. The van der Waals surface area contributed by atoms with Crippen LogP contribution in [0.15, 0.2) is 6.07 Å². The van der Waals surface area contributed by atoms with E-state index in [-0.39, 0.29) is 11.6 Å². The van der Waals surface area contributed by atoms with Gasteiger partial charge in [0.15, 0.2) is 0 Å². The van der Waals surface area contributed by atoms with Gasteiger partial charge in [-0.25, -0.2) is 0 Å². The van der Waals surface area contributed by atoms with Gasteiger partial charge in [-0.05, 0) is 51.8 Å². The van der Waals surface area contributed by atoms with E-state index in [0.29, 0.717) is 0 Å². The summed E-state index contributed by atoms with van der Waals surface area (Å²) in [5.74, 6) is 0. The molecular formula is C17H32N4. The number of aromatic nitrogens is 2. The van der Waals surface area contributed by atoms with E-state index in [0.717, 1.165) is 25.0 Å². The molecule has 2 rings (SSSR count). The predicted molar refractivity (Wildman–Crippen MR) is 88.4 cm³/mol. The highest BCUT2D eigenvalue weighted by molar-refractivity contribution is 5.13. The predicted octanol–water partition coefficient (Wildman–Crippen LogP) is 2.51. The molecule has 120 valence electrons. The normalized spacial score (nSPS) is 21.2. The summed E-state index contributed by atoms with van der Waals surface area (Å²) in [6, 6.07) is 2.37. The minimum absolute atomic E-state index is 0.0943. The molecule has 0 aromatic carbocycles. The van der Waals surface area contributed by atoms with Gasteiger partial charge in [-0.15, -0.1) is 0 Å². The summed E-state index contributed by atoms with van der Waals surface area (Å²) in [5.41, 5.74) is 9.18. The molecule has 0 saturated carbocycles. The molecule has 0 amide bonds. The monoisotopic (exact) mass is 292 g/mol. The topological polar surface area (TPSA) is 47.1 Å². The first-order valence-corrected chi connectivity index (χ1v) is 8.53. The standard InChI is InChI=1S/C17H32N4/c1-5-14-12-15(20(4)19-14)13-16(18)17(3,6-2)21-10-8-7-9-11-21/h12,16H,5-11,13,18H2,1-4H3. The number of piperidine rings is 1. The molecule has 0 bridgehead atoms. The lowest BCUT2D eigenvalue weighted by atomic mass is 9.83. The maximum Gasteiger partial charge on any atom is 0.0624 e. The van der Waals surface area contributed by atoms with Crippen molar-refractivity contribution in [3.63, 3.8) is 0 Å². The fourth-order valence-corrected chi connectivity index (χ4v) is 3.51. The van der Waals surface area contributed by atoms with Gasteiger partial charge in [0.25, 0.3) is 0 Å². The van der Waals surface area contributed by atoms with Crippen LogP contribution in [-0.4, -0.2) is 39.4 Å². The van der Waals surface area contributed by atoms with Crippen molar-refractivity contribution in [2.75, 3.05) is 13.1 Å². The molecule has 0 spiro atoms. The van der Waals surface area contributed by atoms with Crippen molar-refractivity contribution in [3.8, 4) is 0 Å². The Morgan fingerprint density at radius 3 is 2.48 bits per heavy atom. The molecule has 0 aliphatic carbocycles. The Morgan fingerprint density at radius 1 is 1.29 bits per heavy atom. The van der Waals surface area contributed by atoms with Gasteiger partial charge in [-0.3, -0.25) is 9.58 Å². The van der Waals surface area contributed by atoms with Crippen LogP contribution in [0.2, 0.25) is 0 Å². The highest BCUT2D eigenvalue weighted by Gasteiger charge is 2.37. The van der Waals surface area contributed by atoms with Crippen molar-refractivity contribution in [3.05, 3.63) is 17.5 Å². The summed E-state index contributed by atoms with van der Waals surface area (Å²) in [4.78, 5) is 2.62. The number of hydrogen-bond acceptors (Lipinski definition) is 3. The Morgan fingerprint density at radius 2 is 1.95 bits per heavy atom. The molecule has 2 unspecified atom stereocenters. The quantitative estimate of drug-likeness (QED) is 0.876. The Kier molecular flexibility index (Phi) is 5.44. The molecule has 2 heterocycles. The Labute approximate surface area is 129 Å². The van der Waals surface area contributed by atoms with Crippen LogP contribution in [0.5, 0.6) is 0 Å². The molecule has 2 atom stereocenters. The first kappa shape index (κ1) is 16.5. The average molecular weight is 292 g/mol. The van der Waals surface area contributed by atoms with Crippen molar-refractivity contribution in [2.24, 2.45) is 12.8 Å². The average Bonchev–Trinajstić information content (AvgIpc) is 2.87. The third-order valence-corrected chi connectivity index (χ3v) is 5.41. The molecule has 21 heavy (non-hydrogen) atoms. The van der Waals surface area contributed by atoms with E-state index in [2.05, 4.69) is 36.8 Å². The molecule has 0 radical (unpaired) electrons. The van der Waals surface area contributed by atoms with Crippen molar-refractivity contribution >= 4 is 0 Å². The summed E-state index contributed by atoms with van der Waals surface area (Å²) >= 11 is 0. The van der Waals surface area contributed by atoms with E-state index in [9.17, 15) is 0 Å². The molecule has 1 fully saturated rings. The Balaban J connectivity index is 2.11. The molecule has 2 N–H and O–H groups in total. The second-order valence-corrected chi connectivity index (χ2v) is 6.67. The van der Waals surface area contributed by atoms with E-state index < -0.39 is 0 Å². The number of rotatable bonds is 6. The number of nitrogens with zero attached hydrogens (tertiary/aromatic N) is 3. The van der Waals surface area contributed by atoms with Crippen LogP contribution in [0.1, 0.15) is 57.8 Å².